The summed E-state index contributed by atoms with van der Waals surface area (Å²) in [5.41, 5.74) is 1.71. The number of piperidine rings is 1. The number of aryl methyl sites for hydroxylation is 1. The number of amides is 2. The number of nitrogens with zero attached hydrogens (tertiary/aromatic N) is 2. The van der Waals surface area contributed by atoms with Gasteiger partial charge in [0.2, 0.25) is 11.8 Å². The number of allylic oxidation sites excluding steroid dienone is 1. The molecule has 2 amide bonds. The standard InChI is InChI=1S/C20H22N4O3.CH4/c1-11-6-9-16(19(26)22-11)24-12(2)23-15-5-3-4-14(17(15)20(24)27)10-21-18(25)13-7-8-13;/h3-5,13,16H,1,6-10H2,2H3,(H,21,25)(H,22,26);1H4. The number of rotatable bonds is 4. The Morgan fingerprint density at radius 2 is 2.07 bits per heavy atom. The summed E-state index contributed by atoms with van der Waals surface area (Å²) < 4.78 is 1.47. The Bertz CT molecular complexity index is 1020. The van der Waals surface area contributed by atoms with Crippen molar-refractivity contribution in [2.75, 3.05) is 0 Å². The Labute approximate surface area is 163 Å². The van der Waals surface area contributed by atoms with Crippen LogP contribution in [0.15, 0.2) is 35.3 Å². The lowest BCUT2D eigenvalue weighted by Gasteiger charge is -2.26. The number of carbonyl (C=O) groups is 2. The molecule has 0 radical (unpaired) electrons. The first-order valence-electron chi connectivity index (χ1n) is 9.23. The maximum absolute atomic E-state index is 13.3. The zero-order chi connectivity index (χ0) is 19.1. The van der Waals surface area contributed by atoms with E-state index in [2.05, 4.69) is 22.2 Å². The predicted molar refractivity (Wildman–Crippen MR) is 108 cm³/mol. The van der Waals surface area contributed by atoms with E-state index in [0.29, 0.717) is 40.8 Å². The maximum Gasteiger partial charge on any atom is 0.262 e. The topological polar surface area (TPSA) is 93.1 Å². The number of nitrogens with one attached hydrogen (secondary N) is 2. The monoisotopic (exact) mass is 382 g/mol. The van der Waals surface area contributed by atoms with Crippen molar-refractivity contribution in [3.05, 3.63) is 52.2 Å². The van der Waals surface area contributed by atoms with Crippen molar-refractivity contribution in [1.82, 2.24) is 20.2 Å². The summed E-state index contributed by atoms with van der Waals surface area (Å²) in [6.45, 7) is 5.80. The van der Waals surface area contributed by atoms with Gasteiger partial charge in [-0.3, -0.25) is 19.0 Å². The number of benzene rings is 1. The van der Waals surface area contributed by atoms with Gasteiger partial charge in [0.15, 0.2) is 0 Å². The molecule has 0 bridgehead atoms. The molecule has 7 nitrogen and oxygen atoms in total. The van der Waals surface area contributed by atoms with Crippen LogP contribution < -0.4 is 16.2 Å². The lowest BCUT2D eigenvalue weighted by molar-refractivity contribution is -0.125. The number of fused-ring (bicyclic) bond motifs is 1. The summed E-state index contributed by atoms with van der Waals surface area (Å²) in [4.78, 5) is 42.2. The van der Waals surface area contributed by atoms with Crippen molar-refractivity contribution in [3.8, 4) is 0 Å². The van der Waals surface area contributed by atoms with Crippen molar-refractivity contribution in [2.24, 2.45) is 5.92 Å². The molecular formula is C21H26N4O3. The molecule has 2 fully saturated rings. The predicted octanol–water partition coefficient (Wildman–Crippen LogP) is 2.33. The average molecular weight is 382 g/mol. The van der Waals surface area contributed by atoms with E-state index in [1.807, 2.05) is 12.1 Å². The summed E-state index contributed by atoms with van der Waals surface area (Å²) >= 11 is 0. The first-order chi connectivity index (χ1) is 13.0. The minimum absolute atomic E-state index is 0. The highest BCUT2D eigenvalue weighted by Crippen LogP contribution is 2.29. The minimum atomic E-state index is -0.603. The second-order valence-corrected chi connectivity index (χ2v) is 7.28. The van der Waals surface area contributed by atoms with Gasteiger partial charge in [0.1, 0.15) is 11.9 Å². The van der Waals surface area contributed by atoms with E-state index in [0.717, 1.165) is 12.8 Å². The Kier molecular flexibility index (Phi) is 5.36. The van der Waals surface area contributed by atoms with Crippen LogP contribution in [0.5, 0.6) is 0 Å². The van der Waals surface area contributed by atoms with Crippen LogP contribution in [-0.2, 0) is 16.1 Å². The second kappa shape index (κ2) is 7.58. The van der Waals surface area contributed by atoms with Gasteiger partial charge in [-0.05, 0) is 44.2 Å². The van der Waals surface area contributed by atoms with Crippen molar-refractivity contribution in [1.29, 1.82) is 0 Å². The van der Waals surface area contributed by atoms with Gasteiger partial charge in [0.05, 0.1) is 10.9 Å². The normalized spacial score (nSPS) is 19.1. The van der Waals surface area contributed by atoms with E-state index >= 15 is 0 Å². The first kappa shape index (κ1) is 19.8. The van der Waals surface area contributed by atoms with Crippen LogP contribution in [0, 0.1) is 12.8 Å². The van der Waals surface area contributed by atoms with Gasteiger partial charge in [0, 0.05) is 18.2 Å². The molecule has 0 spiro atoms. The first-order valence-corrected chi connectivity index (χ1v) is 9.23. The van der Waals surface area contributed by atoms with Crippen LogP contribution >= 0.6 is 0 Å². The van der Waals surface area contributed by atoms with E-state index in [1.165, 1.54) is 4.57 Å². The third-order valence-electron chi connectivity index (χ3n) is 5.23. The highest BCUT2D eigenvalue weighted by atomic mass is 16.2. The van der Waals surface area contributed by atoms with Gasteiger partial charge in [-0.2, -0.15) is 0 Å². The smallest absolute Gasteiger partial charge is 0.262 e. The molecule has 2 heterocycles. The van der Waals surface area contributed by atoms with Crippen molar-refractivity contribution < 1.29 is 9.59 Å². The van der Waals surface area contributed by atoms with E-state index in [9.17, 15) is 14.4 Å². The third-order valence-corrected chi connectivity index (χ3v) is 5.23. The van der Waals surface area contributed by atoms with E-state index in [1.54, 1.807) is 13.0 Å². The molecule has 1 aromatic carbocycles. The van der Waals surface area contributed by atoms with Gasteiger partial charge in [-0.1, -0.05) is 26.1 Å². The zero-order valence-corrected chi connectivity index (χ0v) is 15.2. The summed E-state index contributed by atoms with van der Waals surface area (Å²) in [5, 5.41) is 6.08. The van der Waals surface area contributed by atoms with Crippen molar-refractivity contribution >= 4 is 22.7 Å². The lowest BCUT2D eigenvalue weighted by atomic mass is 10.0. The third kappa shape index (κ3) is 3.56. The minimum Gasteiger partial charge on any atom is -0.352 e. The zero-order valence-electron chi connectivity index (χ0n) is 15.2. The molecule has 2 aromatic rings. The van der Waals surface area contributed by atoms with Gasteiger partial charge in [-0.25, -0.2) is 4.98 Å². The molecule has 7 heteroatoms. The van der Waals surface area contributed by atoms with Crippen LogP contribution in [0.3, 0.4) is 0 Å². The van der Waals surface area contributed by atoms with Crippen LogP contribution in [0.2, 0.25) is 0 Å². The van der Waals surface area contributed by atoms with Crippen LogP contribution in [-0.4, -0.2) is 21.4 Å². The number of hydrogen-bond acceptors (Lipinski definition) is 4. The maximum atomic E-state index is 13.3. The largest absolute Gasteiger partial charge is 0.352 e. The van der Waals surface area contributed by atoms with Gasteiger partial charge >= 0.3 is 0 Å². The highest BCUT2D eigenvalue weighted by molar-refractivity contribution is 5.86. The van der Waals surface area contributed by atoms with Gasteiger partial charge in [0.25, 0.3) is 5.56 Å². The summed E-state index contributed by atoms with van der Waals surface area (Å²) in [6.07, 6.45) is 2.99. The molecule has 2 N–H and O–H groups in total. The van der Waals surface area contributed by atoms with Crippen LogP contribution in [0.4, 0.5) is 0 Å². The molecule has 1 unspecified atom stereocenters. The molecule has 1 aliphatic carbocycles. The second-order valence-electron chi connectivity index (χ2n) is 7.28. The molecular weight excluding hydrogens is 356 g/mol. The van der Waals surface area contributed by atoms with E-state index in [4.69, 9.17) is 0 Å². The molecule has 1 atom stereocenters. The summed E-state index contributed by atoms with van der Waals surface area (Å²) in [5.74, 6) is 0.394. The Hall–Kier alpha value is -2.96. The fourth-order valence-corrected chi connectivity index (χ4v) is 3.62. The number of carbonyl (C=O) groups excluding carboxylic acids is 2. The molecule has 1 saturated heterocycles. The SMILES string of the molecule is C.C=C1CCC(n2c(C)nc3cccc(CNC(=O)C4CC4)c3c2=O)C(=O)N1. The Balaban J connectivity index is 0.00000225. The quantitative estimate of drug-likeness (QED) is 0.849. The summed E-state index contributed by atoms with van der Waals surface area (Å²) in [7, 11) is 0. The van der Waals surface area contributed by atoms with Crippen molar-refractivity contribution in [2.45, 2.75) is 52.6 Å². The number of aromatic nitrogens is 2. The van der Waals surface area contributed by atoms with Crippen LogP contribution in [0.25, 0.3) is 10.9 Å². The van der Waals surface area contributed by atoms with Gasteiger partial charge < -0.3 is 10.6 Å². The Morgan fingerprint density at radius 3 is 2.75 bits per heavy atom. The van der Waals surface area contributed by atoms with Gasteiger partial charge in [-0.15, -0.1) is 0 Å². The molecule has 1 aromatic heterocycles. The molecule has 28 heavy (non-hydrogen) atoms. The highest BCUT2D eigenvalue weighted by Gasteiger charge is 2.30. The van der Waals surface area contributed by atoms with E-state index < -0.39 is 6.04 Å². The summed E-state index contributed by atoms with van der Waals surface area (Å²) in [6, 6.07) is 4.83. The Morgan fingerprint density at radius 1 is 1.32 bits per heavy atom. The average Bonchev–Trinajstić information content (AvgIpc) is 3.46. The van der Waals surface area contributed by atoms with E-state index in [-0.39, 0.29) is 37.3 Å². The fraction of sp³-hybridized carbons (Fsp3) is 0.429. The molecule has 1 saturated carbocycles. The molecule has 2 aliphatic rings. The molecule has 1 aliphatic heterocycles. The number of hydrogen-bond donors (Lipinski definition) is 2. The molecule has 4 rings (SSSR count). The van der Waals surface area contributed by atoms with Crippen LogP contribution in [0.1, 0.15) is 50.5 Å². The molecule has 148 valence electrons. The van der Waals surface area contributed by atoms with Crippen molar-refractivity contribution in [3.63, 3.8) is 0 Å². The fourth-order valence-electron chi connectivity index (χ4n) is 3.62. The lowest BCUT2D eigenvalue weighted by Crippen LogP contribution is -2.41.